The fourth-order valence-corrected chi connectivity index (χ4v) is 6.06. The summed E-state index contributed by atoms with van der Waals surface area (Å²) in [6.45, 7) is 1.60. The minimum atomic E-state index is -4.26. The van der Waals surface area contributed by atoms with Crippen molar-refractivity contribution >= 4 is 61.7 Å². The number of aromatic nitrogens is 2. The Kier molecular flexibility index (Phi) is 8.79. The zero-order chi connectivity index (χ0) is 28.2. The Morgan fingerprint density at radius 2 is 1.79 bits per heavy atom. The Balaban J connectivity index is 1.76. The number of hydrogen-bond donors (Lipinski definition) is 1. The van der Waals surface area contributed by atoms with Gasteiger partial charge in [-0.2, -0.15) is 0 Å². The summed E-state index contributed by atoms with van der Waals surface area (Å²) in [5.41, 5.74) is 1.41. The van der Waals surface area contributed by atoms with Crippen molar-refractivity contribution in [1.82, 2.24) is 14.9 Å². The van der Waals surface area contributed by atoms with Gasteiger partial charge in [0.25, 0.3) is 15.9 Å². The van der Waals surface area contributed by atoms with E-state index in [1.54, 1.807) is 54.2 Å². The summed E-state index contributed by atoms with van der Waals surface area (Å²) in [7, 11) is -2.71. The van der Waals surface area contributed by atoms with E-state index in [0.717, 1.165) is 10.7 Å². The second-order valence-corrected chi connectivity index (χ2v) is 11.3. The third-order valence-electron chi connectivity index (χ3n) is 5.90. The molecule has 0 radical (unpaired) electrons. The fourth-order valence-electron chi connectivity index (χ4n) is 3.93. The Hall–Kier alpha value is -3.60. The predicted molar refractivity (Wildman–Crippen MR) is 151 cm³/mol. The molecule has 12 heteroatoms. The summed E-state index contributed by atoms with van der Waals surface area (Å²) < 4.78 is 35.5. The molecule has 0 unspecified atom stereocenters. The van der Waals surface area contributed by atoms with Crippen molar-refractivity contribution in [2.45, 2.75) is 24.7 Å². The monoisotopic (exact) mass is 588 g/mol. The highest BCUT2D eigenvalue weighted by molar-refractivity contribution is 7.92. The van der Waals surface area contributed by atoms with Crippen molar-refractivity contribution in [2.24, 2.45) is 0 Å². The van der Waals surface area contributed by atoms with Crippen LogP contribution in [0.3, 0.4) is 0 Å². The van der Waals surface area contributed by atoms with Crippen LogP contribution in [-0.2, 0) is 19.6 Å². The molecule has 0 saturated carbocycles. The minimum Gasteiger partial charge on any atom is -0.464 e. The van der Waals surface area contributed by atoms with Gasteiger partial charge < -0.3 is 14.6 Å². The van der Waals surface area contributed by atoms with Gasteiger partial charge in [-0.15, -0.1) is 0 Å². The molecule has 0 fully saturated rings. The number of rotatable bonds is 10. The van der Waals surface area contributed by atoms with Crippen LogP contribution in [0.2, 0.25) is 10.0 Å². The Labute approximate surface area is 236 Å². The Morgan fingerprint density at radius 1 is 1.05 bits per heavy atom. The van der Waals surface area contributed by atoms with E-state index in [4.69, 9.17) is 27.9 Å². The number of hydrogen-bond acceptors (Lipinski definition) is 6. The van der Waals surface area contributed by atoms with Gasteiger partial charge in [0.15, 0.2) is 0 Å². The second-order valence-electron chi connectivity index (χ2n) is 8.60. The summed E-state index contributed by atoms with van der Waals surface area (Å²) in [6.07, 6.45) is 4.79. The van der Waals surface area contributed by atoms with Crippen molar-refractivity contribution < 1.29 is 22.7 Å². The second kappa shape index (κ2) is 12.1. The summed E-state index contributed by atoms with van der Waals surface area (Å²) in [5.74, 6) is -0.422. The summed E-state index contributed by atoms with van der Waals surface area (Å²) in [5, 5.41) is 3.56. The lowest BCUT2D eigenvalue weighted by molar-refractivity contribution is -0.141. The highest BCUT2D eigenvalue weighted by Gasteiger charge is 2.29. The number of pyridine rings is 1. The van der Waals surface area contributed by atoms with E-state index in [-0.39, 0.29) is 33.1 Å². The maximum Gasteiger partial charge on any atom is 0.326 e. The van der Waals surface area contributed by atoms with Gasteiger partial charge in [-0.1, -0.05) is 36.5 Å². The van der Waals surface area contributed by atoms with Gasteiger partial charge in [0.1, 0.15) is 12.4 Å². The minimum absolute atomic E-state index is 0.144. The van der Waals surface area contributed by atoms with Crippen LogP contribution in [0.5, 0.6) is 0 Å². The fraction of sp³-hybridized carbons (Fsp3) is 0.222. The first-order chi connectivity index (χ1) is 18.6. The standard InChI is InChI=1S/C27H26Cl2N4O5S/c1-3-4-11-38-26(34)17-33(39(36,37)23-15-20(28)14-21(29)16-23)22-5-6-24-18(12-22)8-10-32(24)25-13-19(7-9-31-25)27(35)30-2/h5-10,12-16H,3-4,11,17H2,1-2H3,(H,30,35). The maximum absolute atomic E-state index is 13.7. The molecule has 0 saturated heterocycles. The highest BCUT2D eigenvalue weighted by Crippen LogP contribution is 2.31. The molecule has 4 rings (SSSR count). The lowest BCUT2D eigenvalue weighted by atomic mass is 10.2. The third kappa shape index (κ3) is 6.35. The van der Waals surface area contributed by atoms with Gasteiger partial charge in [0.05, 0.1) is 22.7 Å². The van der Waals surface area contributed by atoms with Crippen LogP contribution in [0, 0.1) is 0 Å². The van der Waals surface area contributed by atoms with Crippen LogP contribution in [0.15, 0.2) is 71.9 Å². The molecule has 204 valence electrons. The highest BCUT2D eigenvalue weighted by atomic mass is 35.5. The Bertz CT molecular complexity index is 1620. The number of nitrogens with zero attached hydrogens (tertiary/aromatic N) is 3. The largest absolute Gasteiger partial charge is 0.464 e. The molecule has 2 aromatic carbocycles. The molecule has 9 nitrogen and oxygen atoms in total. The lowest BCUT2D eigenvalue weighted by Gasteiger charge is -2.24. The zero-order valence-electron chi connectivity index (χ0n) is 21.2. The number of anilines is 1. The van der Waals surface area contributed by atoms with Gasteiger partial charge in [-0.3, -0.25) is 13.9 Å². The number of unbranched alkanes of at least 4 members (excludes halogenated alkanes) is 1. The molecule has 39 heavy (non-hydrogen) atoms. The van der Waals surface area contributed by atoms with E-state index in [2.05, 4.69) is 10.3 Å². The molecule has 0 aliphatic carbocycles. The molecule has 0 spiro atoms. The lowest BCUT2D eigenvalue weighted by Crippen LogP contribution is -2.36. The number of halogens is 2. The molecular weight excluding hydrogens is 563 g/mol. The molecule has 2 aromatic heterocycles. The average molecular weight is 590 g/mol. The van der Waals surface area contributed by atoms with Gasteiger partial charge >= 0.3 is 5.97 Å². The SMILES string of the molecule is CCCCOC(=O)CN(c1ccc2c(ccn2-c2cc(C(=O)NC)ccn2)c1)S(=O)(=O)c1cc(Cl)cc(Cl)c1. The van der Waals surface area contributed by atoms with Crippen LogP contribution < -0.4 is 9.62 Å². The smallest absolute Gasteiger partial charge is 0.326 e. The van der Waals surface area contributed by atoms with Gasteiger partial charge in [-0.25, -0.2) is 13.4 Å². The number of amides is 1. The van der Waals surface area contributed by atoms with Crippen LogP contribution in [0.1, 0.15) is 30.1 Å². The first kappa shape index (κ1) is 28.4. The van der Waals surface area contributed by atoms with Gasteiger partial charge in [0, 0.05) is 40.4 Å². The number of fused-ring (bicyclic) bond motifs is 1. The van der Waals surface area contributed by atoms with E-state index in [9.17, 15) is 18.0 Å². The van der Waals surface area contributed by atoms with Gasteiger partial charge in [0.2, 0.25) is 0 Å². The number of nitrogens with one attached hydrogen (secondary N) is 1. The molecule has 1 N–H and O–H groups in total. The van der Waals surface area contributed by atoms with Crippen LogP contribution in [0.25, 0.3) is 16.7 Å². The summed E-state index contributed by atoms with van der Waals surface area (Å²) >= 11 is 12.2. The van der Waals surface area contributed by atoms with Crippen LogP contribution >= 0.6 is 23.2 Å². The summed E-state index contributed by atoms with van der Waals surface area (Å²) in [4.78, 5) is 28.9. The number of ether oxygens (including phenoxy) is 1. The van der Waals surface area contributed by atoms with E-state index >= 15 is 0 Å². The quantitative estimate of drug-likeness (QED) is 0.200. The first-order valence-corrected chi connectivity index (χ1v) is 14.3. The van der Waals surface area contributed by atoms with Crippen molar-refractivity contribution in [3.8, 4) is 5.82 Å². The van der Waals surface area contributed by atoms with Crippen molar-refractivity contribution in [2.75, 3.05) is 24.5 Å². The van der Waals surface area contributed by atoms with Crippen molar-refractivity contribution in [1.29, 1.82) is 0 Å². The van der Waals surface area contributed by atoms with Crippen molar-refractivity contribution in [3.05, 3.63) is 82.6 Å². The molecule has 2 heterocycles. The van der Waals surface area contributed by atoms with Crippen LogP contribution in [-0.4, -0.2) is 50.0 Å². The number of carbonyl (C=O) groups excluding carboxylic acids is 2. The summed E-state index contributed by atoms with van der Waals surface area (Å²) in [6, 6.07) is 14.0. The van der Waals surface area contributed by atoms with E-state index in [1.165, 1.54) is 24.4 Å². The van der Waals surface area contributed by atoms with E-state index in [1.807, 2.05) is 6.92 Å². The first-order valence-electron chi connectivity index (χ1n) is 12.1. The van der Waals surface area contributed by atoms with Crippen molar-refractivity contribution in [3.63, 3.8) is 0 Å². The normalized spacial score (nSPS) is 11.4. The van der Waals surface area contributed by atoms with E-state index < -0.39 is 22.5 Å². The molecule has 0 atom stereocenters. The molecular formula is C27H26Cl2N4O5S. The maximum atomic E-state index is 13.7. The Morgan fingerprint density at radius 3 is 2.49 bits per heavy atom. The molecule has 0 aliphatic heterocycles. The molecule has 0 aliphatic rings. The molecule has 4 aromatic rings. The van der Waals surface area contributed by atoms with Crippen LogP contribution in [0.4, 0.5) is 5.69 Å². The zero-order valence-corrected chi connectivity index (χ0v) is 23.6. The number of carbonyl (C=O) groups is 2. The molecule has 0 bridgehead atoms. The molecule has 1 amide bonds. The van der Waals surface area contributed by atoms with E-state index in [0.29, 0.717) is 28.7 Å². The van der Waals surface area contributed by atoms with Gasteiger partial charge in [-0.05, 0) is 61.0 Å². The predicted octanol–water partition coefficient (Wildman–Crippen LogP) is 5.23. The number of sulfonamides is 1. The third-order valence-corrected chi connectivity index (χ3v) is 8.09. The number of esters is 1. The topological polar surface area (TPSA) is 111 Å². The average Bonchev–Trinajstić information content (AvgIpc) is 3.34. The number of benzene rings is 2.